The number of fused-ring (bicyclic) bond motifs is 2. The monoisotopic (exact) mass is 818 g/mol. The number of aromatic nitrogens is 2. The lowest BCUT2D eigenvalue weighted by molar-refractivity contribution is -0.156. The predicted molar refractivity (Wildman–Crippen MR) is 217 cm³/mol. The molecule has 6 rings (SSSR count). The molecular formula is C41H45F3N8O7. The van der Waals surface area contributed by atoms with Crippen molar-refractivity contribution in [1.29, 1.82) is 0 Å². The van der Waals surface area contributed by atoms with Crippen LogP contribution in [0.1, 0.15) is 75.1 Å². The molecule has 0 spiro atoms. The first-order valence-corrected chi connectivity index (χ1v) is 18.2. The molecule has 2 aliphatic rings. The van der Waals surface area contributed by atoms with E-state index < -0.39 is 24.2 Å². The molecule has 312 valence electrons. The van der Waals surface area contributed by atoms with Crippen LogP contribution in [0.3, 0.4) is 0 Å². The highest BCUT2D eigenvalue weighted by Gasteiger charge is 2.26. The fourth-order valence-corrected chi connectivity index (χ4v) is 5.68. The molecule has 2 aromatic carbocycles. The number of nitrogens with one attached hydrogen (secondary N) is 7. The van der Waals surface area contributed by atoms with Crippen molar-refractivity contribution < 1.29 is 46.7 Å². The standard InChI is InChI=1S/C22H26N4O4.C17H18N4O2.C2HF3O/c1-13-16(19(27)23-9-10-24-21(29)30-22(2,3)4)12-25-18(13)11-15-14-7-5-6-8-17(14)26-20(15)28;1-10-13(16(22)19-7-6-18)9-20-15(10)8-12-11-4-2-3-5-14(11)21-17(12)23;3-2(4,5)1-6/h5-8,11-12,25H,9-10H2,1-4H3,(H,23,27)(H,24,29)(H,26,28);2-5,8-9,20H,6-7,18H2,1H3,(H,19,22)(H,21,23);1H/b15-11-;12-8-;. The molecule has 0 saturated carbocycles. The van der Waals surface area contributed by atoms with E-state index in [0.29, 0.717) is 41.1 Å². The number of H-pyrrole nitrogens is 2. The maximum absolute atomic E-state index is 12.5. The summed E-state index contributed by atoms with van der Waals surface area (Å²) in [5.74, 6) is -0.764. The molecule has 18 heteroatoms. The Kier molecular flexibility index (Phi) is 14.8. The van der Waals surface area contributed by atoms with Gasteiger partial charge in [-0.3, -0.25) is 24.0 Å². The van der Waals surface area contributed by atoms with E-state index >= 15 is 0 Å². The third kappa shape index (κ3) is 12.3. The van der Waals surface area contributed by atoms with Crippen LogP contribution in [0.25, 0.3) is 23.3 Å². The lowest BCUT2D eigenvalue weighted by Crippen LogP contribution is -2.37. The van der Waals surface area contributed by atoms with Gasteiger partial charge in [-0.2, -0.15) is 13.2 Å². The quantitative estimate of drug-likeness (QED) is 0.0625. The molecule has 9 N–H and O–H groups in total. The predicted octanol–water partition coefficient (Wildman–Crippen LogP) is 5.32. The van der Waals surface area contributed by atoms with Crippen LogP contribution in [0.15, 0.2) is 60.9 Å². The molecule has 5 amide bonds. The van der Waals surface area contributed by atoms with E-state index in [1.807, 2.05) is 62.4 Å². The molecule has 4 aromatic rings. The van der Waals surface area contributed by atoms with E-state index in [-0.39, 0.29) is 36.7 Å². The first-order chi connectivity index (χ1) is 27.8. The molecule has 2 aromatic heterocycles. The minimum atomic E-state index is -4.64. The maximum Gasteiger partial charge on any atom is 0.446 e. The molecule has 4 heterocycles. The number of benzene rings is 2. The van der Waals surface area contributed by atoms with Crippen molar-refractivity contribution in [2.45, 2.75) is 46.4 Å². The average Bonchev–Trinajstić information content (AvgIpc) is 3.91. The van der Waals surface area contributed by atoms with Gasteiger partial charge in [-0.15, -0.1) is 0 Å². The number of carbonyl (C=O) groups excluding carboxylic acids is 6. The number of alkyl halides is 3. The second kappa shape index (κ2) is 19.5. The number of carbonyl (C=O) groups is 6. The van der Waals surface area contributed by atoms with Gasteiger partial charge in [0.25, 0.3) is 23.6 Å². The Bertz CT molecular complexity index is 2280. The molecule has 0 radical (unpaired) electrons. The number of ether oxygens (including phenoxy) is 1. The molecule has 59 heavy (non-hydrogen) atoms. The zero-order valence-corrected chi connectivity index (χ0v) is 32.9. The summed E-state index contributed by atoms with van der Waals surface area (Å²) in [6, 6.07) is 15.0. The van der Waals surface area contributed by atoms with Gasteiger partial charge in [-0.1, -0.05) is 36.4 Å². The smallest absolute Gasteiger partial charge is 0.444 e. The van der Waals surface area contributed by atoms with E-state index in [0.717, 1.165) is 39.3 Å². The molecule has 0 atom stereocenters. The molecule has 2 aliphatic heterocycles. The Morgan fingerprint density at radius 2 is 1.12 bits per heavy atom. The fourth-order valence-electron chi connectivity index (χ4n) is 5.68. The molecule has 0 saturated heterocycles. The average molecular weight is 819 g/mol. The summed E-state index contributed by atoms with van der Waals surface area (Å²) in [5.41, 5.74) is 13.2. The SMILES string of the molecule is Cc1c(C(=O)NCCN)c[nH]c1/C=C1\C(=O)Nc2ccccc21.Cc1c(C(=O)NCCNC(=O)OC(C)(C)C)c[nH]c1/C=C1\C(=O)Nc2ccccc21.O=CC(F)(F)F. The molecule has 0 aliphatic carbocycles. The number of hydrogen-bond donors (Lipinski definition) is 8. The highest BCUT2D eigenvalue weighted by Crippen LogP contribution is 2.34. The third-order valence-electron chi connectivity index (χ3n) is 8.49. The lowest BCUT2D eigenvalue weighted by atomic mass is 10.0. The third-order valence-corrected chi connectivity index (χ3v) is 8.49. The Balaban J connectivity index is 0.000000235. The summed E-state index contributed by atoms with van der Waals surface area (Å²) >= 11 is 0. The summed E-state index contributed by atoms with van der Waals surface area (Å²) in [5, 5.41) is 13.7. The van der Waals surface area contributed by atoms with Crippen molar-refractivity contribution in [3.63, 3.8) is 0 Å². The highest BCUT2D eigenvalue weighted by molar-refractivity contribution is 6.35. The van der Waals surface area contributed by atoms with E-state index in [9.17, 15) is 37.1 Å². The van der Waals surface area contributed by atoms with Crippen LogP contribution in [0.5, 0.6) is 0 Å². The molecule has 0 fully saturated rings. The number of hydrogen-bond acceptors (Lipinski definition) is 8. The molecule has 0 bridgehead atoms. The number of para-hydroxylation sites is 2. The Hall–Kier alpha value is -6.95. The highest BCUT2D eigenvalue weighted by atomic mass is 19.4. The van der Waals surface area contributed by atoms with Gasteiger partial charge in [0.15, 0.2) is 0 Å². The summed E-state index contributed by atoms with van der Waals surface area (Å²) < 4.78 is 36.4. The van der Waals surface area contributed by atoms with Crippen LogP contribution < -0.4 is 32.3 Å². The van der Waals surface area contributed by atoms with Crippen molar-refractivity contribution in [3.05, 3.63) is 106 Å². The van der Waals surface area contributed by atoms with Gasteiger partial charge < -0.3 is 47.0 Å². The van der Waals surface area contributed by atoms with Crippen molar-refractivity contribution in [2.24, 2.45) is 5.73 Å². The normalized spacial score (nSPS) is 14.1. The zero-order chi connectivity index (χ0) is 43.5. The number of rotatable bonds is 9. The van der Waals surface area contributed by atoms with E-state index in [2.05, 4.69) is 36.6 Å². The second-order valence-electron chi connectivity index (χ2n) is 14.0. The van der Waals surface area contributed by atoms with E-state index in [1.165, 1.54) is 0 Å². The van der Waals surface area contributed by atoms with E-state index in [1.54, 1.807) is 45.3 Å². The number of halogens is 3. The van der Waals surface area contributed by atoms with Crippen LogP contribution in [0, 0.1) is 13.8 Å². The lowest BCUT2D eigenvalue weighted by Gasteiger charge is -2.19. The minimum Gasteiger partial charge on any atom is -0.444 e. The van der Waals surface area contributed by atoms with Crippen LogP contribution in [-0.4, -0.2) is 83.9 Å². The fraction of sp³-hybridized carbons (Fsp3) is 0.268. The van der Waals surface area contributed by atoms with Gasteiger partial charge in [0.2, 0.25) is 6.29 Å². The van der Waals surface area contributed by atoms with Gasteiger partial charge in [-0.25, -0.2) is 4.79 Å². The Morgan fingerprint density at radius 1 is 0.712 bits per heavy atom. The summed E-state index contributed by atoms with van der Waals surface area (Å²) in [6.07, 6.45) is 0.544. The van der Waals surface area contributed by atoms with Crippen molar-refractivity contribution in [2.75, 3.05) is 36.8 Å². The van der Waals surface area contributed by atoms with Gasteiger partial charge in [0, 0.05) is 72.5 Å². The largest absolute Gasteiger partial charge is 0.446 e. The van der Waals surface area contributed by atoms with Crippen molar-refractivity contribution in [1.82, 2.24) is 25.9 Å². The summed E-state index contributed by atoms with van der Waals surface area (Å²) in [6.45, 7) is 10.3. The molecule has 0 unspecified atom stereocenters. The first-order valence-electron chi connectivity index (χ1n) is 18.2. The van der Waals surface area contributed by atoms with E-state index in [4.69, 9.17) is 15.3 Å². The van der Waals surface area contributed by atoms with Gasteiger partial charge in [-0.05, 0) is 70.0 Å². The Morgan fingerprint density at radius 3 is 1.53 bits per heavy atom. The first kappa shape index (κ1) is 44.8. The van der Waals surface area contributed by atoms with Crippen molar-refractivity contribution in [3.8, 4) is 0 Å². The number of aldehydes is 1. The van der Waals surface area contributed by atoms with Crippen LogP contribution >= 0.6 is 0 Å². The number of amides is 5. The van der Waals surface area contributed by atoms with Crippen molar-refractivity contribution >= 4 is 70.7 Å². The second-order valence-corrected chi connectivity index (χ2v) is 14.0. The Labute approximate surface area is 337 Å². The maximum atomic E-state index is 12.5. The van der Waals surface area contributed by atoms with Crippen LogP contribution in [-0.2, 0) is 19.1 Å². The summed E-state index contributed by atoms with van der Waals surface area (Å²) in [7, 11) is 0. The van der Waals surface area contributed by atoms with Crippen LogP contribution in [0.4, 0.5) is 29.3 Å². The molecule has 15 nitrogen and oxygen atoms in total. The number of nitrogens with two attached hydrogens (primary N) is 1. The number of aromatic amines is 2. The van der Waals surface area contributed by atoms with Crippen LogP contribution in [0.2, 0.25) is 0 Å². The number of anilines is 2. The molecular weight excluding hydrogens is 773 g/mol. The minimum absolute atomic E-state index is 0.144. The van der Waals surface area contributed by atoms with Gasteiger partial charge in [0.05, 0.1) is 22.3 Å². The topological polar surface area (TPSA) is 229 Å². The summed E-state index contributed by atoms with van der Waals surface area (Å²) in [4.78, 5) is 75.4. The number of alkyl carbamates (subject to hydrolysis) is 1. The zero-order valence-electron chi connectivity index (χ0n) is 32.9. The van der Waals surface area contributed by atoms with Gasteiger partial charge >= 0.3 is 12.3 Å². The van der Waals surface area contributed by atoms with Gasteiger partial charge in [0.1, 0.15) is 5.60 Å².